The average Bonchev–Trinajstić information content (AvgIpc) is 2.57. The second-order valence-corrected chi connectivity index (χ2v) is 4.71. The maximum absolute atomic E-state index is 11.6. The lowest BCUT2D eigenvalue weighted by Crippen LogP contribution is -2.48. The monoisotopic (exact) mass is 305 g/mol. The number of ether oxygens (including phenoxy) is 2. The minimum atomic E-state index is -1.18. The van der Waals surface area contributed by atoms with Crippen LogP contribution in [0.2, 0.25) is 0 Å². The van der Waals surface area contributed by atoms with Gasteiger partial charge in [0.25, 0.3) is 5.79 Å². The third-order valence-electron chi connectivity index (χ3n) is 2.60. The molecule has 0 unspecified atom stereocenters. The highest BCUT2D eigenvalue weighted by atomic mass is 79.9. The number of nitrogens with zero attached hydrogens (tertiary/aromatic N) is 1. The highest BCUT2D eigenvalue weighted by Gasteiger charge is 2.54. The van der Waals surface area contributed by atoms with E-state index in [0.717, 1.165) is 0 Å². The second-order valence-electron chi connectivity index (χ2n) is 3.79. The van der Waals surface area contributed by atoms with Crippen LogP contribution in [0.4, 0.5) is 0 Å². The number of rotatable bonds is 2. The molecule has 0 saturated carbocycles. The lowest BCUT2D eigenvalue weighted by molar-refractivity contribution is -0.231. The number of hydrogen-bond donors (Lipinski definition) is 0. The Morgan fingerprint density at radius 1 is 1.71 bits per heavy atom. The lowest BCUT2D eigenvalue weighted by Gasteiger charge is -2.32. The standard InChI is InChI=1S/C10H12BrNO5/c1-2-15-9(14)7-8(11)10(17-12-7)5-3-4-6(13)16-10/h8H,2-5H2,1H3/t8-,10-/m1/s1. The highest BCUT2D eigenvalue weighted by Crippen LogP contribution is 2.39. The number of esters is 2. The Hall–Kier alpha value is -1.11. The molecule has 0 radical (unpaired) electrons. The summed E-state index contributed by atoms with van der Waals surface area (Å²) in [4.78, 5) is 27.4. The molecule has 0 bridgehead atoms. The van der Waals surface area contributed by atoms with Crippen LogP contribution < -0.4 is 0 Å². The minimum Gasteiger partial charge on any atom is -0.461 e. The van der Waals surface area contributed by atoms with Crippen molar-refractivity contribution < 1.29 is 23.9 Å². The largest absolute Gasteiger partial charge is 0.461 e. The average molecular weight is 306 g/mol. The Bertz CT molecular complexity index is 383. The summed E-state index contributed by atoms with van der Waals surface area (Å²) in [6.07, 6.45) is 1.51. The van der Waals surface area contributed by atoms with Crippen molar-refractivity contribution in [2.75, 3.05) is 6.61 Å². The van der Waals surface area contributed by atoms with Crippen molar-refractivity contribution in [1.82, 2.24) is 0 Å². The Kier molecular flexibility index (Phi) is 3.37. The Morgan fingerprint density at radius 3 is 3.12 bits per heavy atom. The Morgan fingerprint density at radius 2 is 2.47 bits per heavy atom. The van der Waals surface area contributed by atoms with Gasteiger partial charge in [-0.25, -0.2) is 4.79 Å². The number of hydrogen-bond acceptors (Lipinski definition) is 6. The van der Waals surface area contributed by atoms with E-state index in [2.05, 4.69) is 21.1 Å². The third-order valence-corrected chi connectivity index (χ3v) is 3.73. The molecule has 7 heteroatoms. The number of alkyl halides is 1. The maximum Gasteiger partial charge on any atom is 0.357 e. The number of carbonyl (C=O) groups is 2. The van der Waals surface area contributed by atoms with Gasteiger partial charge in [0, 0.05) is 12.8 Å². The normalized spacial score (nSPS) is 31.8. The van der Waals surface area contributed by atoms with Crippen molar-refractivity contribution >= 4 is 33.6 Å². The first kappa shape index (κ1) is 12.3. The molecule has 2 aliphatic heterocycles. The minimum absolute atomic E-state index is 0.0987. The molecule has 6 nitrogen and oxygen atoms in total. The maximum atomic E-state index is 11.6. The molecule has 0 aromatic carbocycles. The van der Waals surface area contributed by atoms with Crippen LogP contribution in [0.25, 0.3) is 0 Å². The fraction of sp³-hybridized carbons (Fsp3) is 0.700. The summed E-state index contributed by atoms with van der Waals surface area (Å²) in [6, 6.07) is 0. The Labute approximate surface area is 106 Å². The van der Waals surface area contributed by atoms with E-state index >= 15 is 0 Å². The van der Waals surface area contributed by atoms with Gasteiger partial charge in [-0.3, -0.25) is 4.79 Å². The van der Waals surface area contributed by atoms with E-state index in [9.17, 15) is 9.59 Å². The molecule has 0 aromatic rings. The van der Waals surface area contributed by atoms with Gasteiger partial charge < -0.3 is 14.3 Å². The zero-order valence-electron chi connectivity index (χ0n) is 9.27. The topological polar surface area (TPSA) is 74.2 Å². The summed E-state index contributed by atoms with van der Waals surface area (Å²) in [5.74, 6) is -2.09. The van der Waals surface area contributed by atoms with Gasteiger partial charge >= 0.3 is 11.9 Å². The van der Waals surface area contributed by atoms with E-state index in [1.165, 1.54) is 0 Å². The third kappa shape index (κ3) is 2.15. The summed E-state index contributed by atoms with van der Waals surface area (Å²) in [7, 11) is 0. The van der Waals surface area contributed by atoms with Crippen LogP contribution in [0.1, 0.15) is 26.2 Å². The molecule has 2 atom stereocenters. The van der Waals surface area contributed by atoms with Gasteiger partial charge in [0.2, 0.25) is 0 Å². The van der Waals surface area contributed by atoms with Crippen molar-refractivity contribution in [2.45, 2.75) is 36.8 Å². The summed E-state index contributed by atoms with van der Waals surface area (Å²) in [5, 5.41) is 3.66. The molecule has 94 valence electrons. The highest BCUT2D eigenvalue weighted by molar-refractivity contribution is 9.10. The van der Waals surface area contributed by atoms with Gasteiger partial charge in [0.1, 0.15) is 4.83 Å². The molecule has 0 N–H and O–H groups in total. The van der Waals surface area contributed by atoms with Gasteiger partial charge in [0.15, 0.2) is 5.71 Å². The van der Waals surface area contributed by atoms with Crippen LogP contribution in [0.5, 0.6) is 0 Å². The predicted octanol–water partition coefficient (Wildman–Crippen LogP) is 1.12. The van der Waals surface area contributed by atoms with Crippen LogP contribution in [0, 0.1) is 0 Å². The van der Waals surface area contributed by atoms with Crippen molar-refractivity contribution in [3.8, 4) is 0 Å². The van der Waals surface area contributed by atoms with Gasteiger partial charge in [-0.15, -0.1) is 0 Å². The summed E-state index contributed by atoms with van der Waals surface area (Å²) >= 11 is 3.29. The van der Waals surface area contributed by atoms with Crippen molar-refractivity contribution in [1.29, 1.82) is 0 Å². The summed E-state index contributed by atoms with van der Waals surface area (Å²) in [6.45, 7) is 1.96. The van der Waals surface area contributed by atoms with Gasteiger partial charge in [-0.1, -0.05) is 21.1 Å². The molecule has 1 spiro atoms. The van der Waals surface area contributed by atoms with Crippen LogP contribution in [-0.2, 0) is 23.9 Å². The summed E-state index contributed by atoms with van der Waals surface area (Å²) in [5.41, 5.74) is 0.0987. The molecular weight excluding hydrogens is 294 g/mol. The fourth-order valence-corrected chi connectivity index (χ4v) is 2.47. The van der Waals surface area contributed by atoms with Crippen molar-refractivity contribution in [3.05, 3.63) is 0 Å². The molecule has 2 aliphatic rings. The van der Waals surface area contributed by atoms with Crippen molar-refractivity contribution in [2.24, 2.45) is 5.16 Å². The fourth-order valence-electron chi connectivity index (χ4n) is 1.79. The van der Waals surface area contributed by atoms with E-state index < -0.39 is 16.6 Å². The molecule has 2 rings (SSSR count). The molecular formula is C10H12BrNO5. The number of halogens is 1. The van der Waals surface area contributed by atoms with Gasteiger partial charge in [-0.05, 0) is 13.3 Å². The van der Waals surface area contributed by atoms with E-state index in [4.69, 9.17) is 14.3 Å². The Balaban J connectivity index is 2.11. The lowest BCUT2D eigenvalue weighted by atomic mass is 10.00. The molecule has 1 fully saturated rings. The SMILES string of the molecule is CCOC(=O)C1=NO[C@]2(CCCC(=O)O2)[C@@H]1Br. The molecule has 0 amide bonds. The van der Waals surface area contributed by atoms with E-state index in [-0.39, 0.29) is 18.3 Å². The predicted molar refractivity (Wildman–Crippen MR) is 60.5 cm³/mol. The number of oxime groups is 1. The second kappa shape index (κ2) is 4.64. The quantitative estimate of drug-likeness (QED) is 0.564. The number of carbonyl (C=O) groups excluding carboxylic acids is 2. The smallest absolute Gasteiger partial charge is 0.357 e. The first-order valence-electron chi connectivity index (χ1n) is 5.38. The van der Waals surface area contributed by atoms with E-state index in [1.54, 1.807) is 6.92 Å². The molecule has 1 saturated heterocycles. The van der Waals surface area contributed by atoms with Gasteiger partial charge in [0.05, 0.1) is 6.61 Å². The molecule has 17 heavy (non-hydrogen) atoms. The molecule has 0 aliphatic carbocycles. The first-order valence-corrected chi connectivity index (χ1v) is 6.30. The van der Waals surface area contributed by atoms with Crippen LogP contribution in [0.3, 0.4) is 0 Å². The zero-order valence-corrected chi connectivity index (χ0v) is 10.9. The summed E-state index contributed by atoms with van der Waals surface area (Å²) < 4.78 is 10.0. The van der Waals surface area contributed by atoms with Crippen LogP contribution in [0.15, 0.2) is 5.16 Å². The van der Waals surface area contributed by atoms with Gasteiger partial charge in [-0.2, -0.15) is 0 Å². The van der Waals surface area contributed by atoms with Crippen LogP contribution >= 0.6 is 15.9 Å². The molecule has 2 heterocycles. The first-order chi connectivity index (χ1) is 8.09. The van der Waals surface area contributed by atoms with Crippen LogP contribution in [-0.4, -0.2) is 34.9 Å². The van der Waals surface area contributed by atoms with E-state index in [0.29, 0.717) is 19.3 Å². The zero-order chi connectivity index (χ0) is 12.5. The van der Waals surface area contributed by atoms with Crippen molar-refractivity contribution in [3.63, 3.8) is 0 Å². The van der Waals surface area contributed by atoms with E-state index in [1.807, 2.05) is 0 Å². The molecule has 0 aromatic heterocycles.